The molecular weight excluding hydrogens is 210 g/mol. The smallest absolute Gasteiger partial charge is 0.263 e. The fourth-order valence-corrected chi connectivity index (χ4v) is 2.50. The third-order valence-electron chi connectivity index (χ3n) is 2.56. The first-order valence-corrected chi connectivity index (χ1v) is 5.86. The molecule has 0 N–H and O–H groups in total. The maximum absolute atomic E-state index is 11.9. The zero-order valence-corrected chi connectivity index (χ0v) is 9.47. The summed E-state index contributed by atoms with van der Waals surface area (Å²) in [5, 5.41) is 0. The highest BCUT2D eigenvalue weighted by Gasteiger charge is 2.22. The van der Waals surface area contributed by atoms with Crippen LogP contribution in [0.2, 0.25) is 0 Å². The van der Waals surface area contributed by atoms with E-state index in [1.54, 1.807) is 4.90 Å². The summed E-state index contributed by atoms with van der Waals surface area (Å²) >= 11 is 1.51. The van der Waals surface area contributed by atoms with Crippen molar-refractivity contribution in [2.75, 3.05) is 13.1 Å². The fraction of sp³-hybridized carbons (Fsp3) is 0.455. The van der Waals surface area contributed by atoms with Gasteiger partial charge < -0.3 is 4.90 Å². The van der Waals surface area contributed by atoms with Gasteiger partial charge in [0.15, 0.2) is 0 Å². The van der Waals surface area contributed by atoms with Gasteiger partial charge in [-0.3, -0.25) is 9.59 Å². The van der Waals surface area contributed by atoms with Crippen LogP contribution in [0.5, 0.6) is 0 Å². The quantitative estimate of drug-likeness (QED) is 0.728. The van der Waals surface area contributed by atoms with Gasteiger partial charge in [-0.15, -0.1) is 11.3 Å². The standard InChI is InChI=1S/C11H13NO2S/c1-8-2-3-10(15-8)11(14)12-6-4-9(13)5-7-12/h2-3H,4-7H2,1H3. The Labute approximate surface area is 92.7 Å². The molecule has 15 heavy (non-hydrogen) atoms. The molecule has 4 heteroatoms. The Morgan fingerprint density at radius 2 is 2.00 bits per heavy atom. The molecule has 2 heterocycles. The van der Waals surface area contributed by atoms with Crippen molar-refractivity contribution in [1.82, 2.24) is 4.90 Å². The molecule has 1 amide bonds. The van der Waals surface area contributed by atoms with Crippen molar-refractivity contribution in [1.29, 1.82) is 0 Å². The van der Waals surface area contributed by atoms with E-state index in [9.17, 15) is 9.59 Å². The Hall–Kier alpha value is -1.16. The van der Waals surface area contributed by atoms with Gasteiger partial charge >= 0.3 is 0 Å². The van der Waals surface area contributed by atoms with Gasteiger partial charge in [-0.1, -0.05) is 0 Å². The highest BCUT2D eigenvalue weighted by molar-refractivity contribution is 7.13. The molecule has 2 rings (SSSR count). The number of aryl methyl sites for hydroxylation is 1. The van der Waals surface area contributed by atoms with Crippen molar-refractivity contribution in [2.45, 2.75) is 19.8 Å². The van der Waals surface area contributed by atoms with Crippen LogP contribution in [0, 0.1) is 6.92 Å². The fourth-order valence-electron chi connectivity index (χ4n) is 1.66. The molecular formula is C11H13NO2S. The number of Topliss-reactive ketones (excluding diaryl/α,β-unsaturated/α-hetero) is 1. The van der Waals surface area contributed by atoms with Gasteiger partial charge in [0.2, 0.25) is 0 Å². The third kappa shape index (κ3) is 2.26. The first-order chi connectivity index (χ1) is 7.16. The molecule has 1 fully saturated rings. The number of rotatable bonds is 1. The molecule has 1 aromatic rings. The molecule has 0 aromatic carbocycles. The zero-order valence-electron chi connectivity index (χ0n) is 8.66. The molecule has 0 bridgehead atoms. The van der Waals surface area contributed by atoms with E-state index in [4.69, 9.17) is 0 Å². The number of piperidine rings is 1. The average molecular weight is 223 g/mol. The first-order valence-electron chi connectivity index (χ1n) is 5.04. The Bertz CT molecular complexity index is 387. The van der Waals surface area contributed by atoms with Crippen LogP contribution in [-0.2, 0) is 4.79 Å². The molecule has 0 unspecified atom stereocenters. The van der Waals surface area contributed by atoms with Gasteiger partial charge in [-0.25, -0.2) is 0 Å². The molecule has 0 radical (unpaired) electrons. The first kappa shape index (κ1) is 10.4. The second-order valence-corrected chi connectivity index (χ2v) is 5.03. The topological polar surface area (TPSA) is 37.4 Å². The van der Waals surface area contributed by atoms with Crippen molar-refractivity contribution in [2.24, 2.45) is 0 Å². The van der Waals surface area contributed by atoms with Crippen molar-refractivity contribution in [3.63, 3.8) is 0 Å². The number of nitrogens with zero attached hydrogens (tertiary/aromatic N) is 1. The number of hydrogen-bond acceptors (Lipinski definition) is 3. The molecule has 0 atom stereocenters. The Morgan fingerprint density at radius 1 is 1.33 bits per heavy atom. The van der Waals surface area contributed by atoms with Crippen LogP contribution >= 0.6 is 11.3 Å². The highest BCUT2D eigenvalue weighted by atomic mass is 32.1. The van der Waals surface area contributed by atoms with Gasteiger partial charge in [-0.2, -0.15) is 0 Å². The molecule has 1 aliphatic rings. The van der Waals surface area contributed by atoms with E-state index in [1.165, 1.54) is 11.3 Å². The monoisotopic (exact) mass is 223 g/mol. The third-order valence-corrected chi connectivity index (χ3v) is 3.55. The second kappa shape index (κ2) is 4.14. The summed E-state index contributed by atoms with van der Waals surface area (Å²) in [7, 11) is 0. The molecule has 1 aliphatic heterocycles. The van der Waals surface area contributed by atoms with E-state index in [-0.39, 0.29) is 11.7 Å². The molecule has 0 aliphatic carbocycles. The van der Waals surface area contributed by atoms with Crippen molar-refractivity contribution >= 4 is 23.0 Å². The van der Waals surface area contributed by atoms with Gasteiger partial charge in [0.1, 0.15) is 5.78 Å². The van der Waals surface area contributed by atoms with Crippen molar-refractivity contribution in [3.8, 4) is 0 Å². The summed E-state index contributed by atoms with van der Waals surface area (Å²) in [6, 6.07) is 3.81. The van der Waals surface area contributed by atoms with E-state index >= 15 is 0 Å². The van der Waals surface area contributed by atoms with Crippen LogP contribution in [-0.4, -0.2) is 29.7 Å². The lowest BCUT2D eigenvalue weighted by molar-refractivity contribution is -0.120. The lowest BCUT2D eigenvalue weighted by Crippen LogP contribution is -2.38. The zero-order chi connectivity index (χ0) is 10.8. The summed E-state index contributed by atoms with van der Waals surface area (Å²) in [5.74, 6) is 0.335. The SMILES string of the molecule is Cc1ccc(C(=O)N2CCC(=O)CC2)s1. The molecule has 1 saturated heterocycles. The summed E-state index contributed by atoms with van der Waals surface area (Å²) in [6.07, 6.45) is 1.02. The van der Waals surface area contributed by atoms with Crippen LogP contribution in [0.4, 0.5) is 0 Å². The van der Waals surface area contributed by atoms with Gasteiger partial charge in [0, 0.05) is 30.8 Å². The van der Waals surface area contributed by atoms with E-state index in [1.807, 2.05) is 19.1 Å². The molecule has 80 valence electrons. The lowest BCUT2D eigenvalue weighted by Gasteiger charge is -2.25. The van der Waals surface area contributed by atoms with Crippen molar-refractivity contribution < 1.29 is 9.59 Å². The average Bonchev–Trinajstić information content (AvgIpc) is 2.65. The second-order valence-electron chi connectivity index (χ2n) is 3.74. The minimum atomic E-state index is 0.0700. The normalized spacial score (nSPS) is 16.9. The van der Waals surface area contributed by atoms with E-state index in [0.29, 0.717) is 25.9 Å². The largest absolute Gasteiger partial charge is 0.337 e. The lowest BCUT2D eigenvalue weighted by atomic mass is 10.1. The minimum absolute atomic E-state index is 0.0700. The number of hydrogen-bond donors (Lipinski definition) is 0. The molecule has 0 spiro atoms. The Kier molecular flexibility index (Phi) is 2.86. The minimum Gasteiger partial charge on any atom is -0.337 e. The summed E-state index contributed by atoms with van der Waals surface area (Å²) < 4.78 is 0. The number of carbonyl (C=O) groups excluding carboxylic acids is 2. The number of carbonyl (C=O) groups is 2. The van der Waals surface area contributed by atoms with Gasteiger partial charge in [0.25, 0.3) is 5.91 Å². The van der Waals surface area contributed by atoms with Crippen LogP contribution in [0.1, 0.15) is 27.4 Å². The predicted octanol–water partition coefficient (Wildman–Crippen LogP) is 1.86. The van der Waals surface area contributed by atoms with Crippen molar-refractivity contribution in [3.05, 3.63) is 21.9 Å². The van der Waals surface area contributed by atoms with Crippen LogP contribution < -0.4 is 0 Å². The Morgan fingerprint density at radius 3 is 2.53 bits per heavy atom. The molecule has 1 aromatic heterocycles. The summed E-state index contributed by atoms with van der Waals surface area (Å²) in [5.41, 5.74) is 0. The number of amides is 1. The highest BCUT2D eigenvalue weighted by Crippen LogP contribution is 2.18. The maximum Gasteiger partial charge on any atom is 0.263 e. The van der Waals surface area contributed by atoms with Gasteiger partial charge in [0.05, 0.1) is 4.88 Å². The maximum atomic E-state index is 11.9. The summed E-state index contributed by atoms with van der Waals surface area (Å²) in [6.45, 7) is 3.14. The Balaban J connectivity index is 2.05. The summed E-state index contributed by atoms with van der Waals surface area (Å²) in [4.78, 5) is 26.7. The number of thiophene rings is 1. The van der Waals surface area contributed by atoms with E-state index in [2.05, 4.69) is 0 Å². The number of ketones is 1. The number of likely N-dealkylation sites (tertiary alicyclic amines) is 1. The van der Waals surface area contributed by atoms with Gasteiger partial charge in [-0.05, 0) is 19.1 Å². The van der Waals surface area contributed by atoms with Crippen LogP contribution in [0.3, 0.4) is 0 Å². The molecule has 3 nitrogen and oxygen atoms in total. The molecule has 0 saturated carbocycles. The van der Waals surface area contributed by atoms with E-state index < -0.39 is 0 Å². The van der Waals surface area contributed by atoms with Crippen LogP contribution in [0.15, 0.2) is 12.1 Å². The van der Waals surface area contributed by atoms with Crippen LogP contribution in [0.25, 0.3) is 0 Å². The predicted molar refractivity (Wildman–Crippen MR) is 59.2 cm³/mol. The van der Waals surface area contributed by atoms with E-state index in [0.717, 1.165) is 9.75 Å².